The van der Waals surface area contributed by atoms with Crippen molar-refractivity contribution < 1.29 is 9.53 Å². The molecule has 0 bridgehead atoms. The molecule has 1 N–H and O–H groups in total. The van der Waals surface area contributed by atoms with Crippen LogP contribution in [0.15, 0.2) is 27.4 Å². The summed E-state index contributed by atoms with van der Waals surface area (Å²) in [7, 11) is 0. The highest BCUT2D eigenvalue weighted by molar-refractivity contribution is 9.11. The van der Waals surface area contributed by atoms with E-state index in [-0.39, 0.29) is 11.6 Å². The van der Waals surface area contributed by atoms with Crippen LogP contribution in [0.4, 0.5) is 5.82 Å². The predicted molar refractivity (Wildman–Crippen MR) is 97.2 cm³/mol. The molecule has 126 valence electrons. The lowest BCUT2D eigenvalue weighted by Gasteiger charge is -2.10. The molecule has 2 aromatic rings. The first-order valence-electron chi connectivity index (χ1n) is 7.70. The lowest BCUT2D eigenvalue weighted by atomic mass is 10.2. The number of amides is 1. The van der Waals surface area contributed by atoms with Gasteiger partial charge in [-0.3, -0.25) is 4.79 Å². The van der Waals surface area contributed by atoms with Crippen LogP contribution in [-0.2, 0) is 6.42 Å². The van der Waals surface area contributed by atoms with Crippen molar-refractivity contribution in [1.29, 1.82) is 0 Å². The maximum atomic E-state index is 12.4. The molecule has 0 aliphatic heterocycles. The Bertz CT molecular complexity index is 766. The van der Waals surface area contributed by atoms with E-state index >= 15 is 0 Å². The first-order valence-corrected chi connectivity index (χ1v) is 9.28. The number of ether oxygens (including phenoxy) is 1. The topological polar surface area (TPSA) is 77.0 Å². The minimum Gasteiger partial charge on any atom is -0.478 e. The molecule has 1 aliphatic rings. The second-order valence-corrected chi connectivity index (χ2v) is 7.00. The summed E-state index contributed by atoms with van der Waals surface area (Å²) < 4.78 is 6.50. The zero-order valence-corrected chi connectivity index (χ0v) is 16.2. The SMILES string of the molecule is CCOc1cccc(C(=O)Nc2nc(CC3CC3)c(Br)nc2Br)n1. The number of halogens is 2. The summed E-state index contributed by atoms with van der Waals surface area (Å²) in [5.41, 5.74) is 1.12. The molecule has 0 unspecified atom stereocenters. The molecule has 0 atom stereocenters. The largest absolute Gasteiger partial charge is 0.478 e. The van der Waals surface area contributed by atoms with E-state index in [1.807, 2.05) is 6.92 Å². The number of rotatable bonds is 6. The first-order chi connectivity index (χ1) is 11.6. The number of anilines is 1. The van der Waals surface area contributed by atoms with Gasteiger partial charge in [-0.05, 0) is 70.0 Å². The number of aromatic nitrogens is 3. The molecule has 0 saturated heterocycles. The number of nitrogens with one attached hydrogen (secondary N) is 1. The van der Waals surface area contributed by atoms with E-state index in [4.69, 9.17) is 4.74 Å². The number of nitrogens with zero attached hydrogens (tertiary/aromatic N) is 3. The second kappa shape index (κ2) is 7.57. The molecule has 6 nitrogen and oxygen atoms in total. The van der Waals surface area contributed by atoms with Gasteiger partial charge in [-0.15, -0.1) is 0 Å². The number of hydrogen-bond donors (Lipinski definition) is 1. The van der Waals surface area contributed by atoms with Gasteiger partial charge in [0.1, 0.15) is 14.9 Å². The summed E-state index contributed by atoms with van der Waals surface area (Å²) >= 11 is 6.77. The normalized spacial score (nSPS) is 13.6. The van der Waals surface area contributed by atoms with Gasteiger partial charge < -0.3 is 10.1 Å². The average Bonchev–Trinajstić information content (AvgIpc) is 3.36. The van der Waals surface area contributed by atoms with Gasteiger partial charge >= 0.3 is 0 Å². The van der Waals surface area contributed by atoms with Crippen LogP contribution in [0.25, 0.3) is 0 Å². The summed E-state index contributed by atoms with van der Waals surface area (Å²) in [6, 6.07) is 5.07. The highest BCUT2D eigenvalue weighted by Crippen LogP contribution is 2.34. The Hall–Kier alpha value is -1.54. The van der Waals surface area contributed by atoms with E-state index in [0.29, 0.717) is 33.4 Å². The third kappa shape index (κ3) is 4.30. The highest BCUT2D eigenvalue weighted by atomic mass is 79.9. The standard InChI is InChI=1S/C16H16Br2N4O2/c1-2-24-12-5-3-4-10(19-12)16(23)22-15-14(18)21-13(17)11(20-15)8-9-6-7-9/h3-5,9H,2,6-8H2,1H3,(H,20,22,23). The quantitative estimate of drug-likeness (QED) is 0.712. The van der Waals surface area contributed by atoms with Gasteiger partial charge in [-0.25, -0.2) is 15.0 Å². The van der Waals surface area contributed by atoms with Crippen LogP contribution in [0.3, 0.4) is 0 Å². The summed E-state index contributed by atoms with van der Waals surface area (Å²) in [6.07, 6.45) is 3.31. The zero-order chi connectivity index (χ0) is 17.1. The summed E-state index contributed by atoms with van der Waals surface area (Å²) in [6.45, 7) is 2.36. The summed E-state index contributed by atoms with van der Waals surface area (Å²) in [4.78, 5) is 25.5. The van der Waals surface area contributed by atoms with Gasteiger partial charge in [0.05, 0.1) is 12.3 Å². The molecule has 1 aliphatic carbocycles. The van der Waals surface area contributed by atoms with Crippen molar-refractivity contribution in [2.45, 2.75) is 26.2 Å². The molecule has 0 radical (unpaired) electrons. The Kier molecular flexibility index (Phi) is 5.45. The van der Waals surface area contributed by atoms with Crippen molar-refractivity contribution in [2.75, 3.05) is 11.9 Å². The lowest BCUT2D eigenvalue weighted by Crippen LogP contribution is -2.16. The van der Waals surface area contributed by atoms with Crippen molar-refractivity contribution in [3.8, 4) is 5.88 Å². The van der Waals surface area contributed by atoms with Gasteiger partial charge in [0.15, 0.2) is 5.82 Å². The molecule has 2 aromatic heterocycles. The molecule has 0 aromatic carbocycles. The Balaban J connectivity index is 1.79. The summed E-state index contributed by atoms with van der Waals surface area (Å²) in [5.74, 6) is 1.12. The maximum absolute atomic E-state index is 12.4. The van der Waals surface area contributed by atoms with E-state index in [2.05, 4.69) is 52.1 Å². The number of pyridine rings is 1. The third-order valence-corrected chi connectivity index (χ3v) is 4.72. The Labute approximate surface area is 156 Å². The number of hydrogen-bond acceptors (Lipinski definition) is 5. The molecule has 1 fully saturated rings. The van der Waals surface area contributed by atoms with E-state index < -0.39 is 0 Å². The fourth-order valence-electron chi connectivity index (χ4n) is 2.18. The Morgan fingerprint density at radius 1 is 1.25 bits per heavy atom. The average molecular weight is 456 g/mol. The van der Waals surface area contributed by atoms with E-state index in [1.54, 1.807) is 18.2 Å². The fraction of sp³-hybridized carbons (Fsp3) is 0.375. The van der Waals surface area contributed by atoms with Gasteiger partial charge in [0.2, 0.25) is 5.88 Å². The van der Waals surface area contributed by atoms with Crippen LogP contribution < -0.4 is 10.1 Å². The molecular weight excluding hydrogens is 440 g/mol. The molecule has 8 heteroatoms. The van der Waals surface area contributed by atoms with E-state index in [9.17, 15) is 4.79 Å². The van der Waals surface area contributed by atoms with Crippen LogP contribution in [-0.4, -0.2) is 27.5 Å². The van der Waals surface area contributed by atoms with Crippen LogP contribution in [0.5, 0.6) is 5.88 Å². The molecule has 0 spiro atoms. The minimum atomic E-state index is -0.355. The predicted octanol–water partition coefficient (Wildman–Crippen LogP) is 4.00. The molecule has 1 amide bonds. The Morgan fingerprint density at radius 3 is 2.75 bits per heavy atom. The maximum Gasteiger partial charge on any atom is 0.275 e. The van der Waals surface area contributed by atoms with Crippen molar-refractivity contribution in [3.63, 3.8) is 0 Å². The van der Waals surface area contributed by atoms with Crippen molar-refractivity contribution >= 4 is 43.6 Å². The van der Waals surface area contributed by atoms with Gasteiger partial charge in [0.25, 0.3) is 5.91 Å². The van der Waals surface area contributed by atoms with Gasteiger partial charge in [0, 0.05) is 6.07 Å². The minimum absolute atomic E-state index is 0.265. The van der Waals surface area contributed by atoms with Gasteiger partial charge in [-0.2, -0.15) is 0 Å². The molecule has 3 rings (SSSR count). The van der Waals surface area contributed by atoms with Crippen molar-refractivity contribution in [2.24, 2.45) is 5.92 Å². The van der Waals surface area contributed by atoms with Crippen molar-refractivity contribution in [3.05, 3.63) is 38.8 Å². The van der Waals surface area contributed by atoms with Crippen LogP contribution in [0.1, 0.15) is 35.9 Å². The van der Waals surface area contributed by atoms with Crippen LogP contribution >= 0.6 is 31.9 Å². The fourth-order valence-corrected chi connectivity index (χ4v) is 3.21. The summed E-state index contributed by atoms with van der Waals surface area (Å²) in [5, 5.41) is 2.76. The third-order valence-electron chi connectivity index (χ3n) is 3.54. The lowest BCUT2D eigenvalue weighted by molar-refractivity contribution is 0.102. The molecule has 2 heterocycles. The van der Waals surface area contributed by atoms with Crippen LogP contribution in [0.2, 0.25) is 0 Å². The zero-order valence-electron chi connectivity index (χ0n) is 13.1. The van der Waals surface area contributed by atoms with E-state index in [1.165, 1.54) is 12.8 Å². The number of carbonyl (C=O) groups excluding carboxylic acids is 1. The number of carbonyl (C=O) groups is 1. The monoisotopic (exact) mass is 454 g/mol. The van der Waals surface area contributed by atoms with Gasteiger partial charge in [-0.1, -0.05) is 6.07 Å². The highest BCUT2D eigenvalue weighted by Gasteiger charge is 2.24. The van der Waals surface area contributed by atoms with Crippen molar-refractivity contribution in [1.82, 2.24) is 15.0 Å². The molecular formula is C16H16Br2N4O2. The molecule has 1 saturated carbocycles. The van der Waals surface area contributed by atoms with Crippen LogP contribution in [0, 0.1) is 5.92 Å². The second-order valence-electron chi connectivity index (χ2n) is 5.50. The molecule has 24 heavy (non-hydrogen) atoms. The Morgan fingerprint density at radius 2 is 2.04 bits per heavy atom. The smallest absolute Gasteiger partial charge is 0.275 e. The van der Waals surface area contributed by atoms with E-state index in [0.717, 1.165) is 12.1 Å². The first kappa shape index (κ1) is 17.3.